The van der Waals surface area contributed by atoms with Gasteiger partial charge in [0, 0.05) is 6.54 Å². The molecule has 2 atom stereocenters. The van der Waals surface area contributed by atoms with Crippen molar-refractivity contribution < 1.29 is 18.4 Å². The molecule has 6 nitrogen and oxygen atoms in total. The summed E-state index contributed by atoms with van der Waals surface area (Å²) in [7, 11) is 0. The first-order valence-electron chi connectivity index (χ1n) is 6.79. The molecule has 1 aliphatic rings. The van der Waals surface area contributed by atoms with Crippen LogP contribution in [0.5, 0.6) is 5.75 Å². The molecule has 0 bridgehead atoms. The Morgan fingerprint density at radius 1 is 1.43 bits per heavy atom. The summed E-state index contributed by atoms with van der Waals surface area (Å²) in [5.41, 5.74) is 0. The maximum absolute atomic E-state index is 13.4. The highest BCUT2D eigenvalue weighted by Gasteiger charge is 2.28. The summed E-state index contributed by atoms with van der Waals surface area (Å²) in [6, 6.07) is 6.06. The number of halogens is 1. The number of hydrogen-bond acceptors (Lipinski definition) is 6. The second-order valence-electron chi connectivity index (χ2n) is 4.78. The first-order chi connectivity index (χ1) is 10.2. The van der Waals surface area contributed by atoms with E-state index < -0.39 is 5.82 Å². The number of nitrogens with one attached hydrogen (secondary N) is 1. The third kappa shape index (κ3) is 3.20. The number of morpholine rings is 1. The minimum absolute atomic E-state index is 0.0421. The molecule has 1 aromatic carbocycles. The lowest BCUT2D eigenvalue weighted by Gasteiger charge is -2.27. The molecule has 0 unspecified atom stereocenters. The second kappa shape index (κ2) is 6.19. The van der Waals surface area contributed by atoms with E-state index >= 15 is 0 Å². The maximum atomic E-state index is 13.4. The van der Waals surface area contributed by atoms with E-state index in [0.717, 1.165) is 6.54 Å². The van der Waals surface area contributed by atoms with Crippen LogP contribution in [0.4, 0.5) is 4.39 Å². The predicted molar refractivity (Wildman–Crippen MR) is 71.2 cm³/mol. The van der Waals surface area contributed by atoms with Gasteiger partial charge in [-0.15, -0.1) is 0 Å². The average Bonchev–Trinajstić information content (AvgIpc) is 2.96. The molecule has 2 aromatic rings. The molecule has 1 fully saturated rings. The minimum atomic E-state index is -0.419. The Balaban J connectivity index is 1.64. The van der Waals surface area contributed by atoms with Gasteiger partial charge in [-0.3, -0.25) is 0 Å². The zero-order chi connectivity index (χ0) is 14.7. The van der Waals surface area contributed by atoms with Gasteiger partial charge >= 0.3 is 0 Å². The number of aromatic nitrogens is 2. The van der Waals surface area contributed by atoms with Crippen LogP contribution in [0.2, 0.25) is 0 Å². The number of nitrogens with zero attached hydrogens (tertiary/aromatic N) is 2. The molecule has 2 heterocycles. The largest absolute Gasteiger partial charge is 0.482 e. The molecule has 1 N–H and O–H groups in total. The zero-order valence-electron chi connectivity index (χ0n) is 11.6. The van der Waals surface area contributed by atoms with Gasteiger partial charge in [0.2, 0.25) is 11.7 Å². The van der Waals surface area contributed by atoms with Crippen molar-refractivity contribution in [1.29, 1.82) is 0 Å². The van der Waals surface area contributed by atoms with Crippen molar-refractivity contribution in [3.63, 3.8) is 0 Å². The lowest BCUT2D eigenvalue weighted by atomic mass is 10.1. The van der Waals surface area contributed by atoms with E-state index in [1.54, 1.807) is 18.2 Å². The zero-order valence-corrected chi connectivity index (χ0v) is 11.6. The summed E-state index contributed by atoms with van der Waals surface area (Å²) in [5, 5.41) is 7.10. The van der Waals surface area contributed by atoms with Gasteiger partial charge in [-0.1, -0.05) is 17.3 Å². The van der Waals surface area contributed by atoms with Crippen LogP contribution in [0.25, 0.3) is 0 Å². The molecular weight excluding hydrogens is 277 g/mol. The van der Waals surface area contributed by atoms with Crippen LogP contribution in [0.15, 0.2) is 28.8 Å². The lowest BCUT2D eigenvalue weighted by molar-refractivity contribution is -0.00136. The van der Waals surface area contributed by atoms with Crippen LogP contribution in [-0.2, 0) is 11.3 Å². The molecule has 0 saturated carbocycles. The topological polar surface area (TPSA) is 69.4 Å². The quantitative estimate of drug-likeness (QED) is 0.927. The van der Waals surface area contributed by atoms with Crippen molar-refractivity contribution in [2.24, 2.45) is 0 Å². The standard InChI is InChI=1S/C14H16FN3O3/c1-9-13(16-6-7-19-9)14-17-12(18-21-14)8-20-11-5-3-2-4-10(11)15/h2-5,9,13,16H,6-8H2,1H3/t9-,13+/m1/s1. The SMILES string of the molecule is C[C@H]1OCCN[C@@H]1c1nc(COc2ccccc2F)no1. The van der Waals surface area contributed by atoms with Crippen molar-refractivity contribution in [1.82, 2.24) is 15.5 Å². The van der Waals surface area contributed by atoms with Gasteiger partial charge in [-0.05, 0) is 19.1 Å². The summed E-state index contributed by atoms with van der Waals surface area (Å²) in [5.74, 6) is 0.565. The van der Waals surface area contributed by atoms with Crippen LogP contribution >= 0.6 is 0 Å². The van der Waals surface area contributed by atoms with Crippen molar-refractivity contribution in [2.75, 3.05) is 13.2 Å². The molecule has 0 aliphatic carbocycles. The summed E-state index contributed by atoms with van der Waals surface area (Å²) in [4.78, 5) is 4.26. The van der Waals surface area contributed by atoms with Crippen molar-refractivity contribution in [3.8, 4) is 5.75 Å². The van der Waals surface area contributed by atoms with E-state index in [1.165, 1.54) is 6.07 Å². The summed E-state index contributed by atoms with van der Waals surface area (Å²) in [6.45, 7) is 3.39. The van der Waals surface area contributed by atoms with E-state index in [2.05, 4.69) is 15.5 Å². The lowest BCUT2D eigenvalue weighted by Crippen LogP contribution is -2.40. The Morgan fingerprint density at radius 3 is 3.10 bits per heavy atom. The number of hydrogen-bond donors (Lipinski definition) is 1. The molecule has 3 rings (SSSR count). The fourth-order valence-corrected chi connectivity index (χ4v) is 2.17. The first-order valence-corrected chi connectivity index (χ1v) is 6.79. The first kappa shape index (κ1) is 14.0. The third-order valence-electron chi connectivity index (χ3n) is 3.26. The van der Waals surface area contributed by atoms with Crippen LogP contribution in [0.1, 0.15) is 24.7 Å². The molecule has 1 aliphatic heterocycles. The fraction of sp³-hybridized carbons (Fsp3) is 0.429. The summed E-state index contributed by atoms with van der Waals surface area (Å²) < 4.78 is 29.5. The molecule has 0 radical (unpaired) electrons. The monoisotopic (exact) mass is 293 g/mol. The third-order valence-corrected chi connectivity index (χ3v) is 3.26. The Bertz CT molecular complexity index is 605. The molecule has 0 amide bonds. The number of ether oxygens (including phenoxy) is 2. The Morgan fingerprint density at radius 2 is 2.29 bits per heavy atom. The molecular formula is C14H16FN3O3. The van der Waals surface area contributed by atoms with Gasteiger partial charge in [-0.2, -0.15) is 4.98 Å². The van der Waals surface area contributed by atoms with Crippen molar-refractivity contribution in [3.05, 3.63) is 41.8 Å². The smallest absolute Gasteiger partial charge is 0.246 e. The van der Waals surface area contributed by atoms with Gasteiger partial charge in [-0.25, -0.2) is 4.39 Å². The van der Waals surface area contributed by atoms with Gasteiger partial charge in [0.05, 0.1) is 12.7 Å². The maximum Gasteiger partial charge on any atom is 0.246 e. The number of rotatable bonds is 4. The molecule has 0 spiro atoms. The van der Waals surface area contributed by atoms with Gasteiger partial charge in [0.25, 0.3) is 0 Å². The van der Waals surface area contributed by atoms with Gasteiger partial charge in [0.15, 0.2) is 18.2 Å². The van der Waals surface area contributed by atoms with Crippen LogP contribution in [0.3, 0.4) is 0 Å². The molecule has 1 saturated heterocycles. The van der Waals surface area contributed by atoms with Gasteiger partial charge in [0.1, 0.15) is 6.04 Å². The van der Waals surface area contributed by atoms with Crippen molar-refractivity contribution in [2.45, 2.75) is 25.7 Å². The van der Waals surface area contributed by atoms with Crippen LogP contribution in [0, 0.1) is 5.82 Å². The van der Waals surface area contributed by atoms with Crippen LogP contribution < -0.4 is 10.1 Å². The van der Waals surface area contributed by atoms with Crippen molar-refractivity contribution >= 4 is 0 Å². The van der Waals surface area contributed by atoms with E-state index in [9.17, 15) is 4.39 Å². The predicted octanol–water partition coefficient (Wildman–Crippen LogP) is 1.84. The summed E-state index contributed by atoms with van der Waals surface area (Å²) in [6.07, 6.45) is -0.0421. The summed E-state index contributed by atoms with van der Waals surface area (Å²) >= 11 is 0. The molecule has 112 valence electrons. The molecule has 1 aromatic heterocycles. The molecule has 21 heavy (non-hydrogen) atoms. The Kier molecular flexibility index (Phi) is 4.12. The van der Waals surface area contributed by atoms with E-state index in [1.807, 2.05) is 6.92 Å². The van der Waals surface area contributed by atoms with E-state index in [0.29, 0.717) is 18.3 Å². The Labute approximate surface area is 121 Å². The normalized spacial score (nSPS) is 22.2. The highest BCUT2D eigenvalue weighted by atomic mass is 19.1. The van der Waals surface area contributed by atoms with Crippen LogP contribution in [-0.4, -0.2) is 29.4 Å². The molecule has 7 heteroatoms. The number of para-hydroxylation sites is 1. The average molecular weight is 293 g/mol. The highest BCUT2D eigenvalue weighted by molar-refractivity contribution is 5.23. The number of benzene rings is 1. The minimum Gasteiger partial charge on any atom is -0.482 e. The van der Waals surface area contributed by atoms with E-state index in [-0.39, 0.29) is 24.5 Å². The highest BCUT2D eigenvalue weighted by Crippen LogP contribution is 2.21. The van der Waals surface area contributed by atoms with E-state index in [4.69, 9.17) is 14.0 Å². The second-order valence-corrected chi connectivity index (χ2v) is 4.78. The van der Waals surface area contributed by atoms with Gasteiger partial charge < -0.3 is 19.3 Å². The fourth-order valence-electron chi connectivity index (χ4n) is 2.17. The Hall–Kier alpha value is -1.99.